The van der Waals surface area contributed by atoms with Crippen molar-refractivity contribution in [3.8, 4) is 0 Å². The van der Waals surface area contributed by atoms with Crippen LogP contribution < -0.4 is 0 Å². The van der Waals surface area contributed by atoms with E-state index in [9.17, 15) is 9.90 Å². The predicted octanol–water partition coefficient (Wildman–Crippen LogP) is 3.34. The number of hydrogen-bond acceptors (Lipinski definition) is 4. The molecule has 4 nitrogen and oxygen atoms in total. The maximum atomic E-state index is 11.4. The van der Waals surface area contributed by atoms with E-state index in [2.05, 4.69) is 23.7 Å². The summed E-state index contributed by atoms with van der Waals surface area (Å²) in [6.45, 7) is 7.23. The summed E-state index contributed by atoms with van der Waals surface area (Å²) in [4.78, 5) is 18.8. The van der Waals surface area contributed by atoms with Crippen molar-refractivity contribution < 1.29 is 9.90 Å². The maximum Gasteiger partial charge on any atom is 0.347 e. The molecular formula is C14H22N2O2S. The second-order valence-electron chi connectivity index (χ2n) is 5.12. The zero-order valence-corrected chi connectivity index (χ0v) is 12.5. The highest BCUT2D eigenvalue weighted by Crippen LogP contribution is 2.30. The van der Waals surface area contributed by atoms with Crippen LogP contribution in [0.4, 0.5) is 0 Å². The summed E-state index contributed by atoms with van der Waals surface area (Å²) in [5, 5.41) is 10.3. The van der Waals surface area contributed by atoms with E-state index in [4.69, 9.17) is 0 Å². The minimum atomic E-state index is -0.827. The smallest absolute Gasteiger partial charge is 0.347 e. The van der Waals surface area contributed by atoms with Crippen molar-refractivity contribution in [2.24, 2.45) is 0 Å². The van der Waals surface area contributed by atoms with Gasteiger partial charge < -0.3 is 5.11 Å². The highest BCUT2D eigenvalue weighted by Gasteiger charge is 2.23. The van der Waals surface area contributed by atoms with Gasteiger partial charge in [0.15, 0.2) is 0 Å². The molecule has 0 radical (unpaired) electrons. The monoisotopic (exact) mass is 282 g/mol. The summed E-state index contributed by atoms with van der Waals surface area (Å²) in [7, 11) is 0. The standard InChI is InChI=1S/C14H22N2O2S/c1-3-10(4-2)12-13(14(17)18)19-11(15-12)9-16-7-5-6-8-16/h10H,3-9H2,1-2H3,(H,17,18). The molecule has 0 atom stereocenters. The first-order chi connectivity index (χ1) is 9.15. The Bertz CT molecular complexity index is 435. The minimum absolute atomic E-state index is 0.273. The molecule has 19 heavy (non-hydrogen) atoms. The van der Waals surface area contributed by atoms with Gasteiger partial charge in [-0.15, -0.1) is 11.3 Å². The highest BCUT2D eigenvalue weighted by atomic mass is 32.1. The van der Waals surface area contributed by atoms with Crippen molar-refractivity contribution in [2.75, 3.05) is 13.1 Å². The number of aromatic nitrogens is 1. The van der Waals surface area contributed by atoms with E-state index in [-0.39, 0.29) is 5.92 Å². The molecule has 1 aromatic rings. The molecule has 2 heterocycles. The van der Waals surface area contributed by atoms with E-state index in [0.717, 1.165) is 43.2 Å². The highest BCUT2D eigenvalue weighted by molar-refractivity contribution is 7.13. The van der Waals surface area contributed by atoms with Crippen LogP contribution in [0.25, 0.3) is 0 Å². The first-order valence-electron chi connectivity index (χ1n) is 7.10. The summed E-state index contributed by atoms with van der Waals surface area (Å²) in [5.41, 5.74) is 0.802. The molecule has 0 aliphatic carbocycles. The number of carboxylic acid groups (broad SMARTS) is 1. The Balaban J connectivity index is 2.21. The first kappa shape index (κ1) is 14.5. The molecule has 1 fully saturated rings. The van der Waals surface area contributed by atoms with Crippen molar-refractivity contribution in [1.82, 2.24) is 9.88 Å². The quantitative estimate of drug-likeness (QED) is 0.869. The minimum Gasteiger partial charge on any atom is -0.477 e. The van der Waals surface area contributed by atoms with E-state index in [1.165, 1.54) is 24.2 Å². The van der Waals surface area contributed by atoms with Crippen LogP contribution in [0.3, 0.4) is 0 Å². The number of carboxylic acids is 1. The van der Waals surface area contributed by atoms with Gasteiger partial charge in [0, 0.05) is 5.92 Å². The second-order valence-corrected chi connectivity index (χ2v) is 6.21. The zero-order chi connectivity index (χ0) is 13.8. The molecule has 1 N–H and O–H groups in total. The van der Waals surface area contributed by atoms with Crippen molar-refractivity contribution in [2.45, 2.75) is 52.0 Å². The van der Waals surface area contributed by atoms with E-state index < -0.39 is 5.97 Å². The van der Waals surface area contributed by atoms with Gasteiger partial charge in [-0.1, -0.05) is 13.8 Å². The average Bonchev–Trinajstić information content (AvgIpc) is 3.01. The Kier molecular flexibility index (Phi) is 4.93. The van der Waals surface area contributed by atoms with Gasteiger partial charge in [0.25, 0.3) is 0 Å². The van der Waals surface area contributed by atoms with Crippen LogP contribution in [0.15, 0.2) is 0 Å². The SMILES string of the molecule is CCC(CC)c1nc(CN2CCCC2)sc1C(=O)O. The molecule has 106 valence electrons. The topological polar surface area (TPSA) is 53.4 Å². The Morgan fingerprint density at radius 2 is 2.00 bits per heavy atom. The Morgan fingerprint density at radius 1 is 1.37 bits per heavy atom. The summed E-state index contributed by atoms with van der Waals surface area (Å²) in [6.07, 6.45) is 4.39. The Morgan fingerprint density at radius 3 is 2.53 bits per heavy atom. The van der Waals surface area contributed by atoms with Crippen LogP contribution >= 0.6 is 11.3 Å². The molecule has 0 aromatic carbocycles. The fraction of sp³-hybridized carbons (Fsp3) is 0.714. The number of nitrogens with zero attached hydrogens (tertiary/aromatic N) is 2. The van der Waals surface area contributed by atoms with Crippen LogP contribution in [0.1, 0.15) is 65.8 Å². The maximum absolute atomic E-state index is 11.4. The molecule has 0 unspecified atom stereocenters. The number of rotatable bonds is 6. The molecule has 0 amide bonds. The number of likely N-dealkylation sites (tertiary alicyclic amines) is 1. The predicted molar refractivity (Wildman–Crippen MR) is 76.9 cm³/mol. The largest absolute Gasteiger partial charge is 0.477 e. The average molecular weight is 282 g/mol. The molecule has 1 aliphatic heterocycles. The number of carbonyl (C=O) groups is 1. The molecule has 0 spiro atoms. The molecule has 2 rings (SSSR count). The number of hydrogen-bond donors (Lipinski definition) is 1. The van der Waals surface area contributed by atoms with Gasteiger partial charge in [-0.2, -0.15) is 0 Å². The fourth-order valence-corrected chi connectivity index (χ4v) is 3.71. The van der Waals surface area contributed by atoms with Crippen LogP contribution in [0.5, 0.6) is 0 Å². The van der Waals surface area contributed by atoms with E-state index in [1.807, 2.05) is 0 Å². The van der Waals surface area contributed by atoms with Crippen LogP contribution in [-0.2, 0) is 6.54 Å². The molecule has 1 aliphatic rings. The third-order valence-electron chi connectivity index (χ3n) is 3.82. The molecule has 0 saturated carbocycles. The van der Waals surface area contributed by atoms with E-state index in [1.54, 1.807) is 0 Å². The van der Waals surface area contributed by atoms with E-state index in [0.29, 0.717) is 4.88 Å². The fourth-order valence-electron chi connectivity index (χ4n) is 2.68. The van der Waals surface area contributed by atoms with Crippen LogP contribution in [0, 0.1) is 0 Å². The second kappa shape index (κ2) is 6.48. The van der Waals surface area contributed by atoms with Gasteiger partial charge in [0.1, 0.15) is 9.88 Å². The van der Waals surface area contributed by atoms with Gasteiger partial charge >= 0.3 is 5.97 Å². The lowest BCUT2D eigenvalue weighted by Crippen LogP contribution is -2.18. The van der Waals surface area contributed by atoms with Gasteiger partial charge in [-0.3, -0.25) is 4.90 Å². The van der Waals surface area contributed by atoms with Crippen molar-refractivity contribution in [3.63, 3.8) is 0 Å². The normalized spacial score (nSPS) is 16.4. The molecule has 0 bridgehead atoms. The van der Waals surface area contributed by atoms with Crippen molar-refractivity contribution >= 4 is 17.3 Å². The van der Waals surface area contributed by atoms with Gasteiger partial charge in [0.2, 0.25) is 0 Å². The number of thiazole rings is 1. The third kappa shape index (κ3) is 3.34. The summed E-state index contributed by atoms with van der Waals surface area (Å²) < 4.78 is 0. The van der Waals surface area contributed by atoms with Gasteiger partial charge in [0.05, 0.1) is 12.2 Å². The lowest BCUT2D eigenvalue weighted by molar-refractivity contribution is 0.0700. The molecule has 1 aromatic heterocycles. The number of aromatic carboxylic acids is 1. The lowest BCUT2D eigenvalue weighted by Gasteiger charge is -2.12. The van der Waals surface area contributed by atoms with Gasteiger partial charge in [-0.25, -0.2) is 9.78 Å². The summed E-state index contributed by atoms with van der Waals surface area (Å²) >= 11 is 1.36. The van der Waals surface area contributed by atoms with Crippen LogP contribution in [-0.4, -0.2) is 34.0 Å². The third-order valence-corrected chi connectivity index (χ3v) is 4.87. The zero-order valence-electron chi connectivity index (χ0n) is 11.7. The van der Waals surface area contributed by atoms with E-state index >= 15 is 0 Å². The van der Waals surface area contributed by atoms with Crippen molar-refractivity contribution in [3.05, 3.63) is 15.6 Å². The summed E-state index contributed by atoms with van der Waals surface area (Å²) in [5.74, 6) is -0.554. The first-order valence-corrected chi connectivity index (χ1v) is 7.92. The Hall–Kier alpha value is -0.940. The van der Waals surface area contributed by atoms with Gasteiger partial charge in [-0.05, 0) is 38.8 Å². The van der Waals surface area contributed by atoms with Crippen LogP contribution in [0.2, 0.25) is 0 Å². The Labute approximate surface area is 118 Å². The molecule has 5 heteroatoms. The molecular weight excluding hydrogens is 260 g/mol. The summed E-state index contributed by atoms with van der Waals surface area (Å²) in [6, 6.07) is 0. The molecule has 1 saturated heterocycles. The lowest BCUT2D eigenvalue weighted by atomic mass is 9.98. The van der Waals surface area contributed by atoms with Crippen molar-refractivity contribution in [1.29, 1.82) is 0 Å².